The summed E-state index contributed by atoms with van der Waals surface area (Å²) in [6.07, 6.45) is 0. The third kappa shape index (κ3) is 1.96. The van der Waals surface area contributed by atoms with Crippen LogP contribution in [0.4, 0.5) is 0 Å². The van der Waals surface area contributed by atoms with Crippen molar-refractivity contribution in [3.05, 3.63) is 34.9 Å². The number of nitriles is 1. The molecule has 1 nitrogen and oxygen atoms in total. The van der Waals surface area contributed by atoms with Crippen LogP contribution in [0.1, 0.15) is 18.4 Å². The van der Waals surface area contributed by atoms with E-state index in [1.165, 1.54) is 0 Å². The minimum absolute atomic E-state index is 0.0753. The SMILES string of the molecule is C[C@H](C#N)c1cccc(Cl)c1. The Kier molecular flexibility index (Phi) is 2.51. The summed E-state index contributed by atoms with van der Waals surface area (Å²) in [5.41, 5.74) is 0.972. The van der Waals surface area contributed by atoms with Crippen molar-refractivity contribution in [2.75, 3.05) is 0 Å². The Hall–Kier alpha value is -1.00. The van der Waals surface area contributed by atoms with Crippen LogP contribution in [0.25, 0.3) is 0 Å². The van der Waals surface area contributed by atoms with E-state index in [2.05, 4.69) is 6.07 Å². The van der Waals surface area contributed by atoms with Gasteiger partial charge >= 0.3 is 0 Å². The van der Waals surface area contributed by atoms with Crippen LogP contribution in [0.15, 0.2) is 24.3 Å². The molecule has 1 aromatic rings. The first-order chi connectivity index (χ1) is 5.24. The second kappa shape index (κ2) is 3.41. The highest BCUT2D eigenvalue weighted by Crippen LogP contribution is 2.17. The normalized spacial score (nSPS) is 12.1. The Morgan fingerprint density at radius 3 is 2.82 bits per heavy atom. The van der Waals surface area contributed by atoms with E-state index in [9.17, 15) is 0 Å². The molecule has 1 rings (SSSR count). The van der Waals surface area contributed by atoms with E-state index >= 15 is 0 Å². The molecule has 0 aromatic heterocycles. The van der Waals surface area contributed by atoms with Crippen LogP contribution in [0, 0.1) is 11.3 Å². The van der Waals surface area contributed by atoms with E-state index in [1.807, 2.05) is 25.1 Å². The third-order valence-corrected chi connectivity index (χ3v) is 1.78. The lowest BCUT2D eigenvalue weighted by Gasteiger charge is -2.01. The molecule has 11 heavy (non-hydrogen) atoms. The summed E-state index contributed by atoms with van der Waals surface area (Å²) in [5.74, 6) is -0.0753. The molecule has 0 unspecified atom stereocenters. The first kappa shape index (κ1) is 8.10. The first-order valence-corrected chi connectivity index (χ1v) is 3.77. The molecule has 0 aliphatic heterocycles. The maximum absolute atomic E-state index is 8.59. The van der Waals surface area contributed by atoms with Crippen LogP contribution in [0.3, 0.4) is 0 Å². The molecule has 0 bridgehead atoms. The Balaban J connectivity index is 2.98. The Bertz CT molecular complexity index is 288. The lowest BCUT2D eigenvalue weighted by Crippen LogP contribution is -1.87. The van der Waals surface area contributed by atoms with Gasteiger partial charge in [0.05, 0.1) is 12.0 Å². The van der Waals surface area contributed by atoms with Crippen molar-refractivity contribution in [2.45, 2.75) is 12.8 Å². The maximum Gasteiger partial charge on any atom is 0.0700 e. The van der Waals surface area contributed by atoms with Gasteiger partial charge in [-0.2, -0.15) is 5.26 Å². The predicted octanol–water partition coefficient (Wildman–Crippen LogP) is 2.97. The van der Waals surface area contributed by atoms with E-state index in [4.69, 9.17) is 16.9 Å². The van der Waals surface area contributed by atoms with E-state index in [1.54, 1.807) is 6.07 Å². The number of hydrogen-bond donors (Lipinski definition) is 0. The van der Waals surface area contributed by atoms with Crippen molar-refractivity contribution in [1.82, 2.24) is 0 Å². The van der Waals surface area contributed by atoms with Gasteiger partial charge in [0.25, 0.3) is 0 Å². The molecule has 2 heteroatoms. The summed E-state index contributed by atoms with van der Waals surface area (Å²) >= 11 is 5.74. The zero-order valence-electron chi connectivity index (χ0n) is 6.21. The van der Waals surface area contributed by atoms with E-state index in [0.29, 0.717) is 5.02 Å². The van der Waals surface area contributed by atoms with Crippen molar-refractivity contribution in [3.8, 4) is 6.07 Å². The largest absolute Gasteiger partial charge is 0.198 e. The number of benzene rings is 1. The zero-order chi connectivity index (χ0) is 8.27. The molecule has 0 N–H and O–H groups in total. The number of hydrogen-bond acceptors (Lipinski definition) is 1. The molecule has 0 spiro atoms. The van der Waals surface area contributed by atoms with Crippen molar-refractivity contribution in [2.24, 2.45) is 0 Å². The minimum Gasteiger partial charge on any atom is -0.198 e. The second-order valence-corrected chi connectivity index (χ2v) is 2.84. The zero-order valence-corrected chi connectivity index (χ0v) is 6.97. The quantitative estimate of drug-likeness (QED) is 0.628. The summed E-state index contributed by atoms with van der Waals surface area (Å²) in [6, 6.07) is 9.52. The molecule has 0 heterocycles. The van der Waals surface area contributed by atoms with Gasteiger partial charge in [0.15, 0.2) is 0 Å². The van der Waals surface area contributed by atoms with Gasteiger partial charge in [-0.1, -0.05) is 23.7 Å². The highest BCUT2D eigenvalue weighted by atomic mass is 35.5. The fourth-order valence-corrected chi connectivity index (χ4v) is 1.05. The predicted molar refractivity (Wildman–Crippen MR) is 45.5 cm³/mol. The standard InChI is InChI=1S/C9H8ClN/c1-7(6-11)8-3-2-4-9(10)5-8/h2-5,7H,1H3/t7-/m1/s1. The Labute approximate surface area is 71.2 Å². The van der Waals surface area contributed by atoms with Gasteiger partial charge < -0.3 is 0 Å². The highest BCUT2D eigenvalue weighted by Gasteiger charge is 2.02. The van der Waals surface area contributed by atoms with E-state index in [0.717, 1.165) is 5.56 Å². The lowest BCUT2D eigenvalue weighted by molar-refractivity contribution is 0.982. The monoisotopic (exact) mass is 165 g/mol. The van der Waals surface area contributed by atoms with Gasteiger partial charge in [0.1, 0.15) is 0 Å². The molecule has 1 aromatic carbocycles. The van der Waals surface area contributed by atoms with Crippen LogP contribution in [-0.4, -0.2) is 0 Å². The smallest absolute Gasteiger partial charge is 0.0700 e. The number of halogens is 1. The van der Waals surface area contributed by atoms with E-state index < -0.39 is 0 Å². The molecule has 0 amide bonds. The average molecular weight is 166 g/mol. The van der Waals surface area contributed by atoms with E-state index in [-0.39, 0.29) is 5.92 Å². The van der Waals surface area contributed by atoms with Crippen molar-refractivity contribution >= 4 is 11.6 Å². The molecule has 0 aliphatic carbocycles. The topological polar surface area (TPSA) is 23.8 Å². The van der Waals surface area contributed by atoms with Gasteiger partial charge in [-0.25, -0.2) is 0 Å². The maximum atomic E-state index is 8.59. The molecule has 0 fully saturated rings. The third-order valence-electron chi connectivity index (χ3n) is 1.54. The molecule has 0 aliphatic rings. The van der Waals surface area contributed by atoms with Gasteiger partial charge in [-0.3, -0.25) is 0 Å². The molecular weight excluding hydrogens is 158 g/mol. The summed E-state index contributed by atoms with van der Waals surface area (Å²) in [7, 11) is 0. The van der Waals surface area contributed by atoms with Crippen LogP contribution < -0.4 is 0 Å². The molecular formula is C9H8ClN. The van der Waals surface area contributed by atoms with Crippen LogP contribution in [-0.2, 0) is 0 Å². The summed E-state index contributed by atoms with van der Waals surface area (Å²) < 4.78 is 0. The van der Waals surface area contributed by atoms with Crippen LogP contribution in [0.2, 0.25) is 5.02 Å². The minimum atomic E-state index is -0.0753. The fourth-order valence-electron chi connectivity index (χ4n) is 0.850. The molecule has 56 valence electrons. The highest BCUT2D eigenvalue weighted by molar-refractivity contribution is 6.30. The van der Waals surface area contributed by atoms with Crippen LogP contribution in [0.5, 0.6) is 0 Å². The average Bonchev–Trinajstić information content (AvgIpc) is 2.03. The molecule has 0 radical (unpaired) electrons. The molecule has 0 saturated carbocycles. The van der Waals surface area contributed by atoms with Gasteiger partial charge in [0.2, 0.25) is 0 Å². The molecule has 1 atom stereocenters. The Morgan fingerprint density at radius 1 is 1.55 bits per heavy atom. The number of rotatable bonds is 1. The van der Waals surface area contributed by atoms with Crippen molar-refractivity contribution < 1.29 is 0 Å². The van der Waals surface area contributed by atoms with Gasteiger partial charge in [-0.05, 0) is 24.6 Å². The first-order valence-electron chi connectivity index (χ1n) is 3.39. The van der Waals surface area contributed by atoms with Crippen LogP contribution >= 0.6 is 11.6 Å². The number of nitrogens with zero attached hydrogens (tertiary/aromatic N) is 1. The molecule has 0 saturated heterocycles. The summed E-state index contributed by atoms with van der Waals surface area (Å²) in [4.78, 5) is 0. The van der Waals surface area contributed by atoms with Crippen molar-refractivity contribution in [3.63, 3.8) is 0 Å². The van der Waals surface area contributed by atoms with Crippen molar-refractivity contribution in [1.29, 1.82) is 5.26 Å². The fraction of sp³-hybridized carbons (Fsp3) is 0.222. The Morgan fingerprint density at radius 2 is 2.27 bits per heavy atom. The van der Waals surface area contributed by atoms with Gasteiger partial charge in [0, 0.05) is 5.02 Å². The van der Waals surface area contributed by atoms with Gasteiger partial charge in [-0.15, -0.1) is 0 Å². The second-order valence-electron chi connectivity index (χ2n) is 2.41. The summed E-state index contributed by atoms with van der Waals surface area (Å²) in [6.45, 7) is 1.85. The lowest BCUT2D eigenvalue weighted by atomic mass is 10.0. The summed E-state index contributed by atoms with van der Waals surface area (Å²) in [5, 5.41) is 9.27.